The molecule has 2 nitrogen and oxygen atoms in total. The minimum atomic E-state index is -0.136. The van der Waals surface area contributed by atoms with Crippen LogP contribution in [-0.4, -0.2) is 12.7 Å². The Morgan fingerprint density at radius 3 is 2.77 bits per heavy atom. The van der Waals surface area contributed by atoms with Crippen molar-refractivity contribution in [2.75, 3.05) is 7.11 Å². The molecule has 1 atom stereocenters. The molecule has 0 aromatic carbocycles. The molecule has 0 aliphatic heterocycles. The summed E-state index contributed by atoms with van der Waals surface area (Å²) in [5, 5.41) is 2.05. The number of hydrogen-bond donors (Lipinski definition) is 1. The number of ether oxygens (including phenoxy) is 1. The maximum absolute atomic E-state index is 6.03. The van der Waals surface area contributed by atoms with Crippen molar-refractivity contribution >= 4 is 11.3 Å². The molecular formula is C10H17NOS. The van der Waals surface area contributed by atoms with Gasteiger partial charge in [0.1, 0.15) is 0 Å². The van der Waals surface area contributed by atoms with Crippen LogP contribution in [0.4, 0.5) is 0 Å². The highest BCUT2D eigenvalue weighted by atomic mass is 32.1. The van der Waals surface area contributed by atoms with Crippen molar-refractivity contribution < 1.29 is 4.74 Å². The third-order valence-electron chi connectivity index (χ3n) is 2.17. The number of rotatable bonds is 4. The zero-order valence-corrected chi connectivity index (χ0v) is 9.23. The van der Waals surface area contributed by atoms with E-state index in [0.29, 0.717) is 0 Å². The van der Waals surface area contributed by atoms with E-state index in [1.807, 2.05) is 6.07 Å². The Morgan fingerprint density at radius 2 is 2.31 bits per heavy atom. The fourth-order valence-electron chi connectivity index (χ4n) is 1.22. The number of methoxy groups -OCH3 is 1. The summed E-state index contributed by atoms with van der Waals surface area (Å²) < 4.78 is 5.33. The monoisotopic (exact) mass is 199 g/mol. The number of hydrogen-bond acceptors (Lipinski definition) is 3. The van der Waals surface area contributed by atoms with Gasteiger partial charge in [0.15, 0.2) is 0 Å². The normalized spacial score (nSPS) is 14.5. The fourth-order valence-corrected chi connectivity index (χ4v) is 1.95. The summed E-state index contributed by atoms with van der Waals surface area (Å²) in [5.41, 5.74) is 5.90. The van der Waals surface area contributed by atoms with Gasteiger partial charge >= 0.3 is 0 Å². The van der Waals surface area contributed by atoms with Gasteiger partial charge in [-0.2, -0.15) is 0 Å². The largest absolute Gasteiger partial charge is 0.379 e. The molecule has 1 aromatic rings. The molecule has 0 bridgehead atoms. The first-order chi connectivity index (χ1) is 6.05. The quantitative estimate of drug-likeness (QED) is 0.809. The standard InChI is InChI=1S/C10H17NOS/c1-10(2,12-3)7-8(11)9-5-4-6-13-9/h4-6,8H,7,11H2,1-3H3. The Bertz CT molecular complexity index is 243. The SMILES string of the molecule is COC(C)(C)CC(N)c1cccs1. The van der Waals surface area contributed by atoms with Gasteiger partial charge in [0.2, 0.25) is 0 Å². The molecule has 0 aliphatic carbocycles. The van der Waals surface area contributed by atoms with Crippen molar-refractivity contribution in [1.82, 2.24) is 0 Å². The molecule has 0 saturated heterocycles. The second-order valence-electron chi connectivity index (χ2n) is 3.79. The Hall–Kier alpha value is -0.380. The van der Waals surface area contributed by atoms with Gasteiger partial charge in [0.05, 0.1) is 5.60 Å². The minimum absolute atomic E-state index is 0.0925. The van der Waals surface area contributed by atoms with Crippen LogP contribution in [0.15, 0.2) is 17.5 Å². The molecule has 0 fully saturated rings. The van der Waals surface area contributed by atoms with Crippen molar-refractivity contribution in [2.45, 2.75) is 31.9 Å². The third kappa shape index (κ3) is 3.10. The highest BCUT2D eigenvalue weighted by molar-refractivity contribution is 7.10. The smallest absolute Gasteiger partial charge is 0.0641 e. The Labute approximate surface area is 83.7 Å². The van der Waals surface area contributed by atoms with Crippen molar-refractivity contribution in [3.8, 4) is 0 Å². The van der Waals surface area contributed by atoms with Crippen LogP contribution in [0, 0.1) is 0 Å². The van der Waals surface area contributed by atoms with Crippen LogP contribution >= 0.6 is 11.3 Å². The highest BCUT2D eigenvalue weighted by Crippen LogP contribution is 2.26. The van der Waals surface area contributed by atoms with E-state index in [0.717, 1.165) is 6.42 Å². The summed E-state index contributed by atoms with van der Waals surface area (Å²) >= 11 is 1.70. The Balaban J connectivity index is 2.56. The molecule has 1 rings (SSSR count). The van der Waals surface area contributed by atoms with Gasteiger partial charge in [-0.15, -0.1) is 11.3 Å². The first kappa shape index (κ1) is 10.7. The van der Waals surface area contributed by atoms with Crippen molar-refractivity contribution in [3.63, 3.8) is 0 Å². The van der Waals surface area contributed by atoms with E-state index in [9.17, 15) is 0 Å². The molecule has 0 amide bonds. The third-order valence-corrected chi connectivity index (χ3v) is 3.18. The van der Waals surface area contributed by atoms with Crippen LogP contribution in [0.25, 0.3) is 0 Å². The topological polar surface area (TPSA) is 35.2 Å². The lowest BCUT2D eigenvalue weighted by Gasteiger charge is -2.25. The van der Waals surface area contributed by atoms with Crippen molar-refractivity contribution in [2.24, 2.45) is 5.73 Å². The Kier molecular flexibility index (Phi) is 3.47. The van der Waals surface area contributed by atoms with Crippen LogP contribution < -0.4 is 5.73 Å². The van der Waals surface area contributed by atoms with Gasteiger partial charge in [0.25, 0.3) is 0 Å². The maximum Gasteiger partial charge on any atom is 0.0641 e. The van der Waals surface area contributed by atoms with Crippen molar-refractivity contribution in [3.05, 3.63) is 22.4 Å². The first-order valence-corrected chi connectivity index (χ1v) is 5.27. The predicted molar refractivity (Wildman–Crippen MR) is 57.0 cm³/mol. The molecule has 0 spiro atoms. The molecule has 0 saturated carbocycles. The van der Waals surface area contributed by atoms with Gasteiger partial charge in [0, 0.05) is 18.0 Å². The highest BCUT2D eigenvalue weighted by Gasteiger charge is 2.21. The molecule has 1 heterocycles. The molecule has 0 aliphatic rings. The summed E-state index contributed by atoms with van der Waals surface area (Å²) in [4.78, 5) is 1.23. The zero-order chi connectivity index (χ0) is 9.90. The van der Waals surface area contributed by atoms with Crippen LogP contribution in [0.5, 0.6) is 0 Å². The molecule has 74 valence electrons. The molecule has 1 aromatic heterocycles. The van der Waals surface area contributed by atoms with E-state index in [1.165, 1.54) is 4.88 Å². The average Bonchev–Trinajstić information content (AvgIpc) is 2.55. The van der Waals surface area contributed by atoms with E-state index >= 15 is 0 Å². The molecule has 0 radical (unpaired) electrons. The van der Waals surface area contributed by atoms with Crippen LogP contribution in [0.2, 0.25) is 0 Å². The number of nitrogens with two attached hydrogens (primary N) is 1. The van der Waals surface area contributed by atoms with E-state index < -0.39 is 0 Å². The molecule has 2 N–H and O–H groups in total. The summed E-state index contributed by atoms with van der Waals surface area (Å²) in [5.74, 6) is 0. The Morgan fingerprint density at radius 1 is 1.62 bits per heavy atom. The van der Waals surface area contributed by atoms with Crippen LogP contribution in [0.1, 0.15) is 31.2 Å². The van der Waals surface area contributed by atoms with Gasteiger partial charge in [-0.1, -0.05) is 6.07 Å². The fraction of sp³-hybridized carbons (Fsp3) is 0.600. The molecule has 1 unspecified atom stereocenters. The molecular weight excluding hydrogens is 182 g/mol. The number of thiophene rings is 1. The average molecular weight is 199 g/mol. The first-order valence-electron chi connectivity index (χ1n) is 4.39. The maximum atomic E-state index is 6.03. The summed E-state index contributed by atoms with van der Waals surface area (Å²) in [7, 11) is 1.72. The lowest BCUT2D eigenvalue weighted by atomic mass is 9.98. The van der Waals surface area contributed by atoms with Gasteiger partial charge in [-0.25, -0.2) is 0 Å². The van der Waals surface area contributed by atoms with Gasteiger partial charge in [-0.05, 0) is 31.7 Å². The lowest BCUT2D eigenvalue weighted by molar-refractivity contribution is 0.0102. The van der Waals surface area contributed by atoms with Gasteiger partial charge < -0.3 is 10.5 Å². The van der Waals surface area contributed by atoms with Crippen LogP contribution in [0.3, 0.4) is 0 Å². The summed E-state index contributed by atoms with van der Waals surface area (Å²) in [6.45, 7) is 4.11. The predicted octanol–water partition coefficient (Wildman–Crippen LogP) is 2.56. The van der Waals surface area contributed by atoms with Crippen LogP contribution in [-0.2, 0) is 4.74 Å². The molecule has 3 heteroatoms. The van der Waals surface area contributed by atoms with Gasteiger partial charge in [-0.3, -0.25) is 0 Å². The molecule has 13 heavy (non-hydrogen) atoms. The second-order valence-corrected chi connectivity index (χ2v) is 4.77. The van der Waals surface area contributed by atoms with E-state index in [1.54, 1.807) is 18.4 Å². The van der Waals surface area contributed by atoms with E-state index in [2.05, 4.69) is 25.3 Å². The second kappa shape index (κ2) is 4.22. The van der Waals surface area contributed by atoms with E-state index in [-0.39, 0.29) is 11.6 Å². The van der Waals surface area contributed by atoms with Crippen molar-refractivity contribution in [1.29, 1.82) is 0 Å². The minimum Gasteiger partial charge on any atom is -0.379 e. The lowest BCUT2D eigenvalue weighted by Crippen LogP contribution is -2.28. The summed E-state index contributed by atoms with van der Waals surface area (Å²) in [6.07, 6.45) is 0.851. The summed E-state index contributed by atoms with van der Waals surface area (Å²) in [6, 6.07) is 4.19. The van der Waals surface area contributed by atoms with E-state index in [4.69, 9.17) is 10.5 Å². The zero-order valence-electron chi connectivity index (χ0n) is 8.41.